The Bertz CT molecular complexity index is 747. The molecule has 1 aromatic carbocycles. The maximum Gasteiger partial charge on any atom is 0.311 e. The molecule has 2 fully saturated rings. The number of aromatic nitrogens is 2. The van der Waals surface area contributed by atoms with Gasteiger partial charge in [-0.05, 0) is 18.2 Å². The Labute approximate surface area is 143 Å². The number of likely N-dealkylation sites (tertiary alicyclic amines) is 1. The number of hydrogen-bond acceptors (Lipinski definition) is 6. The van der Waals surface area contributed by atoms with Gasteiger partial charge in [-0.2, -0.15) is 0 Å². The van der Waals surface area contributed by atoms with Crippen LogP contribution in [-0.4, -0.2) is 53.1 Å². The lowest BCUT2D eigenvalue weighted by atomic mass is 10.0. The highest BCUT2D eigenvalue weighted by Gasteiger charge is 2.41. The summed E-state index contributed by atoms with van der Waals surface area (Å²) in [5, 5.41) is 8.38. The average molecular weight is 350 g/mol. The van der Waals surface area contributed by atoms with Crippen LogP contribution in [0, 0.1) is 0 Å². The molecule has 1 spiro atoms. The van der Waals surface area contributed by atoms with Gasteiger partial charge in [0.25, 0.3) is 0 Å². The Hall–Kier alpha value is -1.96. The number of piperidine rings is 1. The van der Waals surface area contributed by atoms with E-state index in [1.54, 1.807) is 29.2 Å². The van der Waals surface area contributed by atoms with Crippen LogP contribution in [0.2, 0.25) is 5.02 Å². The summed E-state index contributed by atoms with van der Waals surface area (Å²) in [5.41, 5.74) is 0.680. The standard InChI is InChI=1S/C16H16ClN3O4/c17-12-3-1-2-11(10-12)13-18-19-14(24-13)15(21)20-6-4-16(5-7-20)22-8-9-23-16/h1-3,10H,4-9H2. The third-order valence-corrected chi connectivity index (χ3v) is 4.54. The highest BCUT2D eigenvalue weighted by Crippen LogP contribution is 2.31. The van der Waals surface area contributed by atoms with E-state index in [2.05, 4.69) is 10.2 Å². The van der Waals surface area contributed by atoms with E-state index in [-0.39, 0.29) is 17.7 Å². The van der Waals surface area contributed by atoms with E-state index in [0.29, 0.717) is 49.7 Å². The Kier molecular flexibility index (Phi) is 3.99. The van der Waals surface area contributed by atoms with E-state index < -0.39 is 5.79 Å². The summed E-state index contributed by atoms with van der Waals surface area (Å²) in [7, 11) is 0. The first-order valence-corrected chi connectivity index (χ1v) is 8.20. The second-order valence-corrected chi connectivity index (χ2v) is 6.26. The van der Waals surface area contributed by atoms with Gasteiger partial charge in [-0.1, -0.05) is 17.7 Å². The number of ether oxygens (including phenoxy) is 2. The van der Waals surface area contributed by atoms with Crippen LogP contribution in [0.4, 0.5) is 0 Å². The molecule has 1 amide bonds. The predicted molar refractivity (Wildman–Crippen MR) is 84.5 cm³/mol. The number of amides is 1. The van der Waals surface area contributed by atoms with E-state index in [0.717, 1.165) is 0 Å². The second kappa shape index (κ2) is 6.16. The lowest BCUT2D eigenvalue weighted by Crippen LogP contribution is -2.47. The van der Waals surface area contributed by atoms with Gasteiger partial charge in [0.1, 0.15) is 0 Å². The molecule has 2 saturated heterocycles. The summed E-state index contributed by atoms with van der Waals surface area (Å²) >= 11 is 5.96. The SMILES string of the molecule is O=C(c1nnc(-c2cccc(Cl)c2)o1)N1CCC2(CC1)OCCO2. The van der Waals surface area contributed by atoms with Gasteiger partial charge >= 0.3 is 11.8 Å². The quantitative estimate of drug-likeness (QED) is 0.828. The van der Waals surface area contributed by atoms with Crippen molar-refractivity contribution in [3.8, 4) is 11.5 Å². The van der Waals surface area contributed by atoms with Gasteiger partial charge in [-0.15, -0.1) is 10.2 Å². The monoisotopic (exact) mass is 349 g/mol. The zero-order valence-electron chi connectivity index (χ0n) is 12.9. The summed E-state index contributed by atoms with van der Waals surface area (Å²) in [6.45, 7) is 2.29. The Balaban J connectivity index is 1.46. The molecule has 2 aliphatic heterocycles. The topological polar surface area (TPSA) is 77.7 Å². The Morgan fingerprint density at radius 3 is 2.62 bits per heavy atom. The van der Waals surface area contributed by atoms with E-state index in [1.165, 1.54) is 0 Å². The smallest absolute Gasteiger partial charge is 0.311 e. The average Bonchev–Trinajstić information content (AvgIpc) is 3.25. The van der Waals surface area contributed by atoms with E-state index in [9.17, 15) is 4.79 Å². The van der Waals surface area contributed by atoms with Crippen molar-refractivity contribution >= 4 is 17.5 Å². The molecule has 0 aliphatic carbocycles. The third-order valence-electron chi connectivity index (χ3n) is 4.31. The first-order valence-electron chi connectivity index (χ1n) is 7.82. The first-order chi connectivity index (χ1) is 11.7. The van der Waals surface area contributed by atoms with E-state index in [4.69, 9.17) is 25.5 Å². The molecule has 0 unspecified atom stereocenters. The van der Waals surface area contributed by atoms with Crippen LogP contribution in [0.15, 0.2) is 28.7 Å². The van der Waals surface area contributed by atoms with Crippen LogP contribution in [0.25, 0.3) is 11.5 Å². The maximum atomic E-state index is 12.5. The summed E-state index contributed by atoms with van der Waals surface area (Å²) in [6, 6.07) is 7.05. The number of carbonyl (C=O) groups excluding carboxylic acids is 1. The van der Waals surface area contributed by atoms with Gasteiger partial charge in [-0.3, -0.25) is 4.79 Å². The van der Waals surface area contributed by atoms with Crippen molar-refractivity contribution in [1.82, 2.24) is 15.1 Å². The molecule has 2 aliphatic rings. The van der Waals surface area contributed by atoms with Gasteiger partial charge < -0.3 is 18.8 Å². The minimum atomic E-state index is -0.516. The van der Waals surface area contributed by atoms with Gasteiger partial charge in [0.2, 0.25) is 5.89 Å². The van der Waals surface area contributed by atoms with Gasteiger partial charge in [0.15, 0.2) is 5.79 Å². The molecule has 0 atom stereocenters. The summed E-state index contributed by atoms with van der Waals surface area (Å²) < 4.78 is 16.9. The van der Waals surface area contributed by atoms with Crippen LogP contribution in [-0.2, 0) is 9.47 Å². The molecule has 0 saturated carbocycles. The van der Waals surface area contributed by atoms with E-state index in [1.807, 2.05) is 0 Å². The summed E-state index contributed by atoms with van der Waals surface area (Å²) in [4.78, 5) is 14.2. The van der Waals surface area contributed by atoms with Crippen molar-refractivity contribution in [3.05, 3.63) is 35.2 Å². The molecule has 2 aromatic rings. The fourth-order valence-electron chi connectivity index (χ4n) is 3.02. The molecule has 24 heavy (non-hydrogen) atoms. The number of nitrogens with zero attached hydrogens (tertiary/aromatic N) is 3. The molecule has 8 heteroatoms. The third kappa shape index (κ3) is 2.90. The minimum Gasteiger partial charge on any atom is -0.412 e. The molecular formula is C16H16ClN3O4. The fraction of sp³-hybridized carbons (Fsp3) is 0.438. The molecule has 0 radical (unpaired) electrons. The van der Waals surface area contributed by atoms with E-state index >= 15 is 0 Å². The number of benzene rings is 1. The molecule has 3 heterocycles. The molecule has 0 N–H and O–H groups in total. The van der Waals surface area contributed by atoms with Crippen LogP contribution >= 0.6 is 11.6 Å². The molecule has 126 valence electrons. The lowest BCUT2D eigenvalue weighted by molar-refractivity contribution is -0.181. The van der Waals surface area contributed by atoms with Crippen molar-refractivity contribution < 1.29 is 18.7 Å². The zero-order chi connectivity index (χ0) is 16.6. The largest absolute Gasteiger partial charge is 0.412 e. The van der Waals surface area contributed by atoms with Crippen molar-refractivity contribution in [2.75, 3.05) is 26.3 Å². The fourth-order valence-corrected chi connectivity index (χ4v) is 3.21. The second-order valence-electron chi connectivity index (χ2n) is 5.82. The number of rotatable bonds is 2. The minimum absolute atomic E-state index is 0.0193. The highest BCUT2D eigenvalue weighted by atomic mass is 35.5. The van der Waals surface area contributed by atoms with Crippen molar-refractivity contribution in [2.45, 2.75) is 18.6 Å². The van der Waals surface area contributed by atoms with Crippen LogP contribution in [0.3, 0.4) is 0 Å². The summed E-state index contributed by atoms with van der Waals surface area (Å²) in [6.07, 6.45) is 1.29. The molecule has 4 rings (SSSR count). The van der Waals surface area contributed by atoms with Crippen molar-refractivity contribution in [1.29, 1.82) is 0 Å². The van der Waals surface area contributed by atoms with Crippen LogP contribution < -0.4 is 0 Å². The van der Waals surface area contributed by atoms with Crippen molar-refractivity contribution in [3.63, 3.8) is 0 Å². The predicted octanol–water partition coefficient (Wildman–Crippen LogP) is 2.37. The molecule has 0 bridgehead atoms. The number of carbonyl (C=O) groups is 1. The Morgan fingerprint density at radius 2 is 1.92 bits per heavy atom. The number of hydrogen-bond donors (Lipinski definition) is 0. The van der Waals surface area contributed by atoms with Crippen LogP contribution in [0.5, 0.6) is 0 Å². The van der Waals surface area contributed by atoms with Crippen molar-refractivity contribution in [2.24, 2.45) is 0 Å². The molecule has 7 nitrogen and oxygen atoms in total. The molecular weight excluding hydrogens is 334 g/mol. The number of halogens is 1. The normalized spacial score (nSPS) is 19.8. The van der Waals surface area contributed by atoms with Gasteiger partial charge in [0, 0.05) is 36.5 Å². The first kappa shape index (κ1) is 15.6. The summed E-state index contributed by atoms with van der Waals surface area (Å²) in [5.74, 6) is -0.535. The molecule has 1 aromatic heterocycles. The van der Waals surface area contributed by atoms with Gasteiger partial charge in [-0.25, -0.2) is 0 Å². The van der Waals surface area contributed by atoms with Crippen LogP contribution in [0.1, 0.15) is 23.5 Å². The Morgan fingerprint density at radius 1 is 1.17 bits per heavy atom. The van der Waals surface area contributed by atoms with Gasteiger partial charge in [0.05, 0.1) is 13.2 Å². The zero-order valence-corrected chi connectivity index (χ0v) is 13.7. The maximum absolute atomic E-state index is 12.5. The lowest BCUT2D eigenvalue weighted by Gasteiger charge is -2.36. The highest BCUT2D eigenvalue weighted by molar-refractivity contribution is 6.30.